The molecule has 1 amide bonds. The molecular formula is C19H32N2O4. The van der Waals surface area contributed by atoms with E-state index < -0.39 is 6.10 Å². The standard InChI is InChI=1S/C19H32N2O4/c1-14(2)25-9-8-24-13-17(22)11-21(5)12-19(23)20-18-10-15(3)6-7-16(18)4/h6-7,10,14,17,22H,8-9,11-13H2,1-5H3,(H,20,23). The predicted octanol–water partition coefficient (Wildman–Crippen LogP) is 1.98. The Morgan fingerprint density at radius 1 is 1.28 bits per heavy atom. The Hall–Kier alpha value is -1.47. The fraction of sp³-hybridized carbons (Fsp3) is 0.632. The summed E-state index contributed by atoms with van der Waals surface area (Å²) >= 11 is 0. The number of carbonyl (C=O) groups is 1. The first-order valence-corrected chi connectivity index (χ1v) is 8.71. The molecule has 142 valence electrons. The van der Waals surface area contributed by atoms with Gasteiger partial charge in [-0.2, -0.15) is 0 Å². The molecule has 0 saturated carbocycles. The van der Waals surface area contributed by atoms with Gasteiger partial charge in [0.05, 0.1) is 38.6 Å². The van der Waals surface area contributed by atoms with Gasteiger partial charge < -0.3 is 19.9 Å². The molecule has 1 aromatic rings. The zero-order chi connectivity index (χ0) is 18.8. The van der Waals surface area contributed by atoms with Crippen LogP contribution >= 0.6 is 0 Å². The Morgan fingerprint density at radius 3 is 2.68 bits per heavy atom. The van der Waals surface area contributed by atoms with Gasteiger partial charge in [-0.25, -0.2) is 0 Å². The number of hydrogen-bond acceptors (Lipinski definition) is 5. The molecule has 0 saturated heterocycles. The molecule has 2 N–H and O–H groups in total. The van der Waals surface area contributed by atoms with E-state index >= 15 is 0 Å². The van der Waals surface area contributed by atoms with Crippen LogP contribution in [0.25, 0.3) is 0 Å². The third-order valence-electron chi connectivity index (χ3n) is 3.59. The molecule has 1 aromatic carbocycles. The third kappa shape index (κ3) is 9.55. The smallest absolute Gasteiger partial charge is 0.238 e. The monoisotopic (exact) mass is 352 g/mol. The zero-order valence-corrected chi connectivity index (χ0v) is 16.0. The van der Waals surface area contributed by atoms with E-state index in [1.807, 2.05) is 45.9 Å². The van der Waals surface area contributed by atoms with Crippen molar-refractivity contribution in [1.29, 1.82) is 0 Å². The second-order valence-electron chi connectivity index (χ2n) is 6.71. The second-order valence-corrected chi connectivity index (χ2v) is 6.71. The topological polar surface area (TPSA) is 71.0 Å². The van der Waals surface area contributed by atoms with Gasteiger partial charge in [0.2, 0.25) is 5.91 Å². The second kappa shape index (κ2) is 11.2. The van der Waals surface area contributed by atoms with Crippen LogP contribution in [0.1, 0.15) is 25.0 Å². The van der Waals surface area contributed by atoms with E-state index in [1.54, 1.807) is 11.9 Å². The number of likely N-dealkylation sites (N-methyl/N-ethyl adjacent to an activating group) is 1. The molecule has 1 atom stereocenters. The van der Waals surface area contributed by atoms with Crippen molar-refractivity contribution < 1.29 is 19.4 Å². The summed E-state index contributed by atoms with van der Waals surface area (Å²) in [6.45, 7) is 9.65. The highest BCUT2D eigenvalue weighted by atomic mass is 16.5. The van der Waals surface area contributed by atoms with E-state index in [0.717, 1.165) is 16.8 Å². The number of aliphatic hydroxyl groups excluding tert-OH is 1. The molecule has 6 heteroatoms. The number of aliphatic hydroxyl groups is 1. The molecule has 1 unspecified atom stereocenters. The van der Waals surface area contributed by atoms with Gasteiger partial charge in [-0.05, 0) is 51.9 Å². The summed E-state index contributed by atoms with van der Waals surface area (Å²) in [5.41, 5.74) is 2.95. The molecule has 0 aliphatic rings. The van der Waals surface area contributed by atoms with Crippen molar-refractivity contribution in [2.45, 2.75) is 39.9 Å². The largest absolute Gasteiger partial charge is 0.389 e. The number of anilines is 1. The summed E-state index contributed by atoms with van der Waals surface area (Å²) in [5.74, 6) is -0.102. The van der Waals surface area contributed by atoms with Crippen LogP contribution in [0, 0.1) is 13.8 Å². The maximum absolute atomic E-state index is 12.1. The molecule has 0 aromatic heterocycles. The first-order valence-electron chi connectivity index (χ1n) is 8.71. The summed E-state index contributed by atoms with van der Waals surface area (Å²) in [6, 6.07) is 5.95. The summed E-state index contributed by atoms with van der Waals surface area (Å²) in [6.07, 6.45) is -0.465. The van der Waals surface area contributed by atoms with Crippen LogP contribution in [0.2, 0.25) is 0 Å². The molecule has 0 spiro atoms. The van der Waals surface area contributed by atoms with Crippen LogP contribution in [-0.2, 0) is 14.3 Å². The molecule has 0 fully saturated rings. The van der Waals surface area contributed by atoms with Crippen LogP contribution in [-0.4, -0.2) is 68.1 Å². The number of ether oxygens (including phenoxy) is 2. The van der Waals surface area contributed by atoms with Crippen molar-refractivity contribution in [3.8, 4) is 0 Å². The van der Waals surface area contributed by atoms with Crippen LogP contribution in [0.4, 0.5) is 5.69 Å². The van der Waals surface area contributed by atoms with Crippen molar-refractivity contribution >= 4 is 11.6 Å². The minimum atomic E-state index is -0.641. The number of benzene rings is 1. The van der Waals surface area contributed by atoms with Crippen LogP contribution < -0.4 is 5.32 Å². The van der Waals surface area contributed by atoms with Crippen molar-refractivity contribution in [3.05, 3.63) is 29.3 Å². The molecule has 0 heterocycles. The van der Waals surface area contributed by atoms with Gasteiger partial charge in [0.25, 0.3) is 0 Å². The predicted molar refractivity (Wildman–Crippen MR) is 100.0 cm³/mol. The van der Waals surface area contributed by atoms with Gasteiger partial charge >= 0.3 is 0 Å². The Morgan fingerprint density at radius 2 is 2.00 bits per heavy atom. The highest BCUT2D eigenvalue weighted by molar-refractivity contribution is 5.93. The molecule has 0 radical (unpaired) electrons. The quantitative estimate of drug-likeness (QED) is 0.596. The summed E-state index contributed by atoms with van der Waals surface area (Å²) in [5, 5.41) is 12.9. The van der Waals surface area contributed by atoms with E-state index in [4.69, 9.17) is 9.47 Å². The normalized spacial score (nSPS) is 12.6. The van der Waals surface area contributed by atoms with E-state index in [0.29, 0.717) is 19.8 Å². The lowest BCUT2D eigenvalue weighted by atomic mass is 10.1. The van der Waals surface area contributed by atoms with Gasteiger partial charge in [-0.1, -0.05) is 12.1 Å². The molecule has 6 nitrogen and oxygen atoms in total. The van der Waals surface area contributed by atoms with E-state index in [-0.39, 0.29) is 25.2 Å². The average Bonchev–Trinajstić information content (AvgIpc) is 2.49. The first kappa shape index (κ1) is 21.6. The number of hydrogen-bond donors (Lipinski definition) is 2. The maximum atomic E-state index is 12.1. The van der Waals surface area contributed by atoms with Crippen molar-refractivity contribution in [2.75, 3.05) is 45.3 Å². The van der Waals surface area contributed by atoms with Crippen molar-refractivity contribution in [2.24, 2.45) is 0 Å². The summed E-state index contributed by atoms with van der Waals surface area (Å²) in [7, 11) is 1.80. The number of nitrogens with one attached hydrogen (secondary N) is 1. The van der Waals surface area contributed by atoms with Gasteiger partial charge in [0.15, 0.2) is 0 Å². The third-order valence-corrected chi connectivity index (χ3v) is 3.59. The minimum Gasteiger partial charge on any atom is -0.389 e. The number of carbonyl (C=O) groups excluding carboxylic acids is 1. The fourth-order valence-corrected chi connectivity index (χ4v) is 2.34. The number of rotatable bonds is 11. The van der Waals surface area contributed by atoms with E-state index in [9.17, 15) is 9.90 Å². The highest BCUT2D eigenvalue weighted by Crippen LogP contribution is 2.16. The maximum Gasteiger partial charge on any atom is 0.238 e. The van der Waals surface area contributed by atoms with Gasteiger partial charge in [-0.15, -0.1) is 0 Å². The minimum absolute atomic E-state index is 0.102. The van der Waals surface area contributed by atoms with Gasteiger partial charge in [0.1, 0.15) is 0 Å². The fourth-order valence-electron chi connectivity index (χ4n) is 2.34. The van der Waals surface area contributed by atoms with Crippen LogP contribution in [0.15, 0.2) is 18.2 Å². The molecule has 1 rings (SSSR count). The highest BCUT2D eigenvalue weighted by Gasteiger charge is 2.13. The lowest BCUT2D eigenvalue weighted by molar-refractivity contribution is -0.117. The molecule has 0 bridgehead atoms. The first-order chi connectivity index (χ1) is 11.8. The van der Waals surface area contributed by atoms with E-state index in [1.165, 1.54) is 0 Å². The van der Waals surface area contributed by atoms with Crippen LogP contribution in [0.3, 0.4) is 0 Å². The average molecular weight is 352 g/mol. The molecule has 0 aliphatic heterocycles. The summed E-state index contributed by atoms with van der Waals surface area (Å²) in [4.78, 5) is 13.9. The summed E-state index contributed by atoms with van der Waals surface area (Å²) < 4.78 is 10.7. The number of nitrogens with zero attached hydrogens (tertiary/aromatic N) is 1. The molecule has 0 aliphatic carbocycles. The van der Waals surface area contributed by atoms with Crippen molar-refractivity contribution in [1.82, 2.24) is 4.90 Å². The Bertz CT molecular complexity index is 534. The number of aryl methyl sites for hydroxylation is 2. The zero-order valence-electron chi connectivity index (χ0n) is 16.0. The number of amides is 1. The lowest BCUT2D eigenvalue weighted by Gasteiger charge is -2.20. The Kier molecular flexibility index (Phi) is 9.67. The van der Waals surface area contributed by atoms with Gasteiger partial charge in [0, 0.05) is 12.2 Å². The Balaban J connectivity index is 2.27. The van der Waals surface area contributed by atoms with Gasteiger partial charge in [-0.3, -0.25) is 9.69 Å². The Labute approximate surface area is 151 Å². The van der Waals surface area contributed by atoms with E-state index in [2.05, 4.69) is 5.32 Å². The molecule has 25 heavy (non-hydrogen) atoms. The van der Waals surface area contributed by atoms with Crippen molar-refractivity contribution in [3.63, 3.8) is 0 Å². The lowest BCUT2D eigenvalue weighted by Crippen LogP contribution is -2.37. The molecular weight excluding hydrogens is 320 g/mol. The SMILES string of the molecule is Cc1ccc(C)c(NC(=O)CN(C)CC(O)COCCOC(C)C)c1. The van der Waals surface area contributed by atoms with Crippen LogP contribution in [0.5, 0.6) is 0 Å².